The van der Waals surface area contributed by atoms with Crippen molar-refractivity contribution in [3.63, 3.8) is 0 Å². The average Bonchev–Trinajstić information content (AvgIpc) is 2.36. The zero-order valence-electron chi connectivity index (χ0n) is 11.1. The SMILES string of the molecule is CC1(O)c2ccc(I)cc2C(C)(O)c2ccc(I)cc21. The highest BCUT2D eigenvalue weighted by molar-refractivity contribution is 14.1. The number of halogens is 2. The molecule has 0 saturated heterocycles. The second kappa shape index (κ2) is 4.66. The molecule has 2 atom stereocenters. The highest BCUT2D eigenvalue weighted by atomic mass is 127. The first-order valence-electron chi connectivity index (χ1n) is 6.30. The van der Waals surface area contributed by atoms with Crippen LogP contribution in [-0.2, 0) is 11.2 Å². The van der Waals surface area contributed by atoms with Crippen LogP contribution in [0, 0.1) is 7.14 Å². The Hall–Kier alpha value is -0.180. The first-order valence-corrected chi connectivity index (χ1v) is 8.46. The molecule has 0 fully saturated rings. The minimum absolute atomic E-state index is 0.775. The fourth-order valence-corrected chi connectivity index (χ4v) is 3.96. The highest BCUT2D eigenvalue weighted by Gasteiger charge is 2.44. The Morgan fingerprint density at radius 1 is 0.700 bits per heavy atom. The monoisotopic (exact) mass is 492 g/mol. The van der Waals surface area contributed by atoms with Gasteiger partial charge in [0.2, 0.25) is 0 Å². The van der Waals surface area contributed by atoms with Crippen molar-refractivity contribution < 1.29 is 10.2 Å². The van der Waals surface area contributed by atoms with Gasteiger partial charge in [0.25, 0.3) is 0 Å². The van der Waals surface area contributed by atoms with Gasteiger partial charge in [-0.1, -0.05) is 12.1 Å². The quantitative estimate of drug-likeness (QED) is 0.551. The third-order valence-electron chi connectivity index (χ3n) is 4.06. The molecule has 0 radical (unpaired) electrons. The molecule has 0 heterocycles. The second-order valence-electron chi connectivity index (χ2n) is 5.52. The Kier molecular flexibility index (Phi) is 3.43. The second-order valence-corrected chi connectivity index (χ2v) is 8.02. The first kappa shape index (κ1) is 14.7. The largest absolute Gasteiger partial charge is 0.381 e. The van der Waals surface area contributed by atoms with Crippen LogP contribution in [0.3, 0.4) is 0 Å². The molecule has 2 nitrogen and oxygen atoms in total. The van der Waals surface area contributed by atoms with Gasteiger partial charge in [0.15, 0.2) is 0 Å². The number of hydrogen-bond acceptors (Lipinski definition) is 2. The van der Waals surface area contributed by atoms with Gasteiger partial charge in [-0.15, -0.1) is 0 Å². The van der Waals surface area contributed by atoms with Crippen LogP contribution in [0.5, 0.6) is 0 Å². The molecular weight excluding hydrogens is 478 g/mol. The Labute approximate surface area is 145 Å². The molecule has 2 aromatic carbocycles. The van der Waals surface area contributed by atoms with Gasteiger partial charge in [0.05, 0.1) is 0 Å². The molecule has 0 bridgehead atoms. The molecule has 1 aliphatic rings. The molecule has 2 N–H and O–H groups in total. The lowest BCUT2D eigenvalue weighted by atomic mass is 9.69. The predicted octanol–water partition coefficient (Wildman–Crippen LogP) is 3.72. The van der Waals surface area contributed by atoms with Gasteiger partial charge in [-0.25, -0.2) is 0 Å². The summed E-state index contributed by atoms with van der Waals surface area (Å²) in [4.78, 5) is 0. The van der Waals surface area contributed by atoms with Crippen LogP contribution in [0.15, 0.2) is 36.4 Å². The van der Waals surface area contributed by atoms with Gasteiger partial charge in [-0.3, -0.25) is 0 Å². The lowest BCUT2D eigenvalue weighted by Crippen LogP contribution is -2.39. The van der Waals surface area contributed by atoms with Crippen molar-refractivity contribution in [2.45, 2.75) is 25.0 Å². The summed E-state index contributed by atoms with van der Waals surface area (Å²) in [5, 5.41) is 22.0. The van der Waals surface area contributed by atoms with Crippen molar-refractivity contribution in [2.24, 2.45) is 0 Å². The van der Waals surface area contributed by atoms with Crippen LogP contribution in [0.2, 0.25) is 0 Å². The Balaban J connectivity index is 2.40. The number of aliphatic hydroxyl groups is 2. The average molecular weight is 492 g/mol. The zero-order valence-corrected chi connectivity index (χ0v) is 15.4. The van der Waals surface area contributed by atoms with E-state index in [4.69, 9.17) is 0 Å². The number of fused-ring (bicyclic) bond motifs is 2. The highest BCUT2D eigenvalue weighted by Crippen LogP contribution is 2.48. The molecule has 1 aliphatic carbocycles. The van der Waals surface area contributed by atoms with E-state index >= 15 is 0 Å². The van der Waals surface area contributed by atoms with Crippen LogP contribution in [0.25, 0.3) is 0 Å². The fraction of sp³-hybridized carbons (Fsp3) is 0.250. The van der Waals surface area contributed by atoms with Crippen LogP contribution in [0.1, 0.15) is 36.1 Å². The van der Waals surface area contributed by atoms with E-state index in [1.807, 2.05) is 36.4 Å². The third-order valence-corrected chi connectivity index (χ3v) is 5.40. The molecule has 3 rings (SSSR count). The summed E-state index contributed by atoms with van der Waals surface area (Å²) in [6, 6.07) is 11.6. The van der Waals surface area contributed by atoms with E-state index in [1.165, 1.54) is 0 Å². The van der Waals surface area contributed by atoms with Gasteiger partial charge in [-0.2, -0.15) is 0 Å². The lowest BCUT2D eigenvalue weighted by Gasteiger charge is -2.41. The third kappa shape index (κ3) is 2.03. The maximum atomic E-state index is 11.0. The summed E-state index contributed by atoms with van der Waals surface area (Å²) in [6.45, 7) is 3.59. The molecule has 0 saturated carbocycles. The summed E-state index contributed by atoms with van der Waals surface area (Å²) >= 11 is 4.45. The van der Waals surface area contributed by atoms with Gasteiger partial charge >= 0.3 is 0 Å². The van der Waals surface area contributed by atoms with E-state index in [1.54, 1.807) is 13.8 Å². The van der Waals surface area contributed by atoms with E-state index < -0.39 is 11.2 Å². The summed E-state index contributed by atoms with van der Waals surface area (Å²) in [5.74, 6) is 0. The Bertz CT molecular complexity index is 644. The van der Waals surface area contributed by atoms with E-state index in [0.29, 0.717) is 0 Å². The van der Waals surface area contributed by atoms with Gasteiger partial charge in [-0.05, 0) is 106 Å². The van der Waals surface area contributed by atoms with Crippen LogP contribution >= 0.6 is 45.2 Å². The molecule has 20 heavy (non-hydrogen) atoms. The maximum absolute atomic E-state index is 11.0. The molecule has 0 amide bonds. The van der Waals surface area contributed by atoms with Crippen LogP contribution < -0.4 is 0 Å². The maximum Gasteiger partial charge on any atom is 0.113 e. The van der Waals surface area contributed by atoms with Crippen molar-refractivity contribution in [1.82, 2.24) is 0 Å². The Morgan fingerprint density at radius 3 is 1.40 bits per heavy atom. The number of rotatable bonds is 0. The summed E-state index contributed by atoms with van der Waals surface area (Å²) in [7, 11) is 0. The molecule has 104 valence electrons. The van der Waals surface area contributed by atoms with Gasteiger partial charge < -0.3 is 10.2 Å². The summed E-state index contributed by atoms with van der Waals surface area (Å²) in [5.41, 5.74) is 0.942. The standard InChI is InChI=1S/C16H14I2O2/c1-15(19)11-5-3-10(18)8-14(11)16(2,20)12-6-4-9(17)7-13(12)15/h3-8,19-20H,1-2H3. The van der Waals surface area contributed by atoms with Crippen molar-refractivity contribution >= 4 is 45.2 Å². The molecule has 0 aromatic heterocycles. The molecule has 2 aromatic rings. The van der Waals surface area contributed by atoms with Crippen LogP contribution in [-0.4, -0.2) is 10.2 Å². The molecule has 4 heteroatoms. The Morgan fingerprint density at radius 2 is 1.05 bits per heavy atom. The van der Waals surface area contributed by atoms with E-state index in [9.17, 15) is 10.2 Å². The lowest BCUT2D eigenvalue weighted by molar-refractivity contribution is 0.0507. The zero-order chi connectivity index (χ0) is 14.7. The molecule has 0 spiro atoms. The number of benzene rings is 2. The molecule has 2 unspecified atom stereocenters. The minimum Gasteiger partial charge on any atom is -0.381 e. The van der Waals surface area contributed by atoms with Crippen molar-refractivity contribution in [2.75, 3.05) is 0 Å². The van der Waals surface area contributed by atoms with Crippen molar-refractivity contribution in [3.8, 4) is 0 Å². The topological polar surface area (TPSA) is 40.5 Å². The predicted molar refractivity (Wildman–Crippen MR) is 95.7 cm³/mol. The van der Waals surface area contributed by atoms with Gasteiger partial charge in [0.1, 0.15) is 11.2 Å². The normalized spacial score (nSPS) is 27.9. The summed E-state index contributed by atoms with van der Waals surface area (Å²) < 4.78 is 2.10. The van der Waals surface area contributed by atoms with Crippen molar-refractivity contribution in [3.05, 3.63) is 65.8 Å². The first-order chi connectivity index (χ1) is 9.24. The van der Waals surface area contributed by atoms with Gasteiger partial charge in [0, 0.05) is 7.14 Å². The van der Waals surface area contributed by atoms with E-state index in [2.05, 4.69) is 45.2 Å². The van der Waals surface area contributed by atoms with Crippen molar-refractivity contribution in [1.29, 1.82) is 0 Å². The number of hydrogen-bond donors (Lipinski definition) is 2. The summed E-state index contributed by atoms with van der Waals surface area (Å²) in [6.07, 6.45) is 0. The van der Waals surface area contributed by atoms with E-state index in [-0.39, 0.29) is 0 Å². The molecule has 0 aliphatic heterocycles. The van der Waals surface area contributed by atoms with Crippen LogP contribution in [0.4, 0.5) is 0 Å². The molecular formula is C16H14I2O2. The fourth-order valence-electron chi connectivity index (χ4n) is 2.98. The minimum atomic E-state index is -1.08. The van der Waals surface area contributed by atoms with E-state index in [0.717, 1.165) is 29.4 Å². The smallest absolute Gasteiger partial charge is 0.113 e.